The van der Waals surface area contributed by atoms with Crippen LogP contribution in [0.15, 0.2) is 63.8 Å². The monoisotopic (exact) mass is 337 g/mol. The van der Waals surface area contributed by atoms with Crippen LogP contribution in [0, 0.1) is 0 Å². The van der Waals surface area contributed by atoms with Gasteiger partial charge in [0.15, 0.2) is 11.2 Å². The van der Waals surface area contributed by atoms with E-state index in [-0.39, 0.29) is 17.7 Å². The molecule has 0 aliphatic rings. The van der Waals surface area contributed by atoms with Crippen LogP contribution < -0.4 is 21.8 Å². The van der Waals surface area contributed by atoms with Crippen LogP contribution in [0.1, 0.15) is 16.1 Å². The molecule has 0 saturated heterocycles. The number of anilines is 1. The van der Waals surface area contributed by atoms with Gasteiger partial charge in [0, 0.05) is 18.3 Å². The van der Waals surface area contributed by atoms with Crippen LogP contribution in [0.5, 0.6) is 0 Å². The van der Waals surface area contributed by atoms with Crippen molar-refractivity contribution < 1.29 is 14.0 Å². The fourth-order valence-corrected chi connectivity index (χ4v) is 2.33. The number of para-hydroxylation sites is 1. The molecule has 3 amide bonds. The second-order valence-electron chi connectivity index (χ2n) is 5.34. The molecule has 2 aromatic carbocycles. The summed E-state index contributed by atoms with van der Waals surface area (Å²) in [4.78, 5) is 35.0. The Labute approximate surface area is 142 Å². The van der Waals surface area contributed by atoms with E-state index in [0.29, 0.717) is 16.7 Å². The number of rotatable bonds is 4. The van der Waals surface area contributed by atoms with Gasteiger partial charge in [0.2, 0.25) is 0 Å². The molecule has 4 N–H and O–H groups in total. The number of nitrogens with one attached hydrogen (secondary N) is 2. The van der Waals surface area contributed by atoms with Crippen molar-refractivity contribution in [3.8, 4) is 0 Å². The molecular formula is C18H15N3O4. The number of primary amides is 1. The summed E-state index contributed by atoms with van der Waals surface area (Å²) in [6.45, 7) is 0.242. The molecule has 7 nitrogen and oxygen atoms in total. The molecule has 7 heteroatoms. The Morgan fingerprint density at radius 2 is 1.76 bits per heavy atom. The fraction of sp³-hybridized carbons (Fsp3) is 0.0556. The van der Waals surface area contributed by atoms with E-state index >= 15 is 0 Å². The summed E-state index contributed by atoms with van der Waals surface area (Å²) in [5, 5.41) is 5.56. The molecule has 0 unspecified atom stereocenters. The Kier molecular flexibility index (Phi) is 4.47. The first-order chi connectivity index (χ1) is 12.0. The Balaban J connectivity index is 1.70. The molecule has 0 bridgehead atoms. The third-order valence-electron chi connectivity index (χ3n) is 3.53. The van der Waals surface area contributed by atoms with E-state index in [1.807, 2.05) is 0 Å². The van der Waals surface area contributed by atoms with Gasteiger partial charge in [-0.1, -0.05) is 24.3 Å². The number of hydrogen-bond acceptors (Lipinski definition) is 4. The molecule has 3 aromatic rings. The lowest BCUT2D eigenvalue weighted by molar-refractivity contribution is 0.0923. The van der Waals surface area contributed by atoms with Crippen LogP contribution >= 0.6 is 0 Å². The van der Waals surface area contributed by atoms with Crippen LogP contribution in [0.4, 0.5) is 10.5 Å². The van der Waals surface area contributed by atoms with Gasteiger partial charge in [-0.15, -0.1) is 0 Å². The van der Waals surface area contributed by atoms with E-state index in [2.05, 4.69) is 10.6 Å². The van der Waals surface area contributed by atoms with Gasteiger partial charge in [0.25, 0.3) is 5.91 Å². The molecule has 25 heavy (non-hydrogen) atoms. The summed E-state index contributed by atoms with van der Waals surface area (Å²) in [5.74, 6) is -0.530. The number of nitrogens with two attached hydrogens (primary N) is 1. The zero-order chi connectivity index (χ0) is 17.8. The maximum Gasteiger partial charge on any atom is 0.316 e. The van der Waals surface area contributed by atoms with Gasteiger partial charge in [-0.05, 0) is 29.8 Å². The van der Waals surface area contributed by atoms with E-state index in [4.69, 9.17) is 10.2 Å². The molecule has 0 fully saturated rings. The van der Waals surface area contributed by atoms with Crippen LogP contribution in [0.2, 0.25) is 0 Å². The van der Waals surface area contributed by atoms with E-state index in [0.717, 1.165) is 5.56 Å². The molecule has 1 heterocycles. The topological polar surface area (TPSA) is 114 Å². The summed E-state index contributed by atoms with van der Waals surface area (Å²) in [6, 6.07) is 14.1. The lowest BCUT2D eigenvalue weighted by atomic mass is 10.2. The molecular weight excluding hydrogens is 322 g/mol. The van der Waals surface area contributed by atoms with Crippen molar-refractivity contribution in [1.29, 1.82) is 0 Å². The average molecular weight is 337 g/mol. The van der Waals surface area contributed by atoms with Crippen molar-refractivity contribution in [3.63, 3.8) is 0 Å². The molecule has 0 spiro atoms. The SMILES string of the molecule is NC(=O)Nc1ccc(CNC(=O)c2cc(=O)c3ccccc3o2)cc1. The van der Waals surface area contributed by atoms with E-state index in [1.54, 1.807) is 48.5 Å². The third-order valence-corrected chi connectivity index (χ3v) is 3.53. The minimum Gasteiger partial charge on any atom is -0.451 e. The summed E-state index contributed by atoms with van der Waals surface area (Å²) >= 11 is 0. The minimum absolute atomic E-state index is 0.0456. The lowest BCUT2D eigenvalue weighted by Crippen LogP contribution is -2.24. The predicted octanol–water partition coefficient (Wildman–Crippen LogP) is 2.21. The van der Waals surface area contributed by atoms with E-state index in [1.165, 1.54) is 6.07 Å². The molecule has 0 radical (unpaired) electrons. The smallest absolute Gasteiger partial charge is 0.316 e. The average Bonchev–Trinajstić information content (AvgIpc) is 2.60. The number of carbonyl (C=O) groups excluding carboxylic acids is 2. The van der Waals surface area contributed by atoms with Crippen molar-refractivity contribution in [3.05, 3.63) is 76.1 Å². The van der Waals surface area contributed by atoms with Crippen LogP contribution in [0.3, 0.4) is 0 Å². The van der Waals surface area contributed by atoms with Crippen molar-refractivity contribution in [2.75, 3.05) is 5.32 Å². The van der Waals surface area contributed by atoms with Crippen LogP contribution in [-0.2, 0) is 6.54 Å². The zero-order valence-corrected chi connectivity index (χ0v) is 13.1. The van der Waals surface area contributed by atoms with Gasteiger partial charge in [-0.2, -0.15) is 0 Å². The van der Waals surface area contributed by atoms with Gasteiger partial charge in [0.05, 0.1) is 5.39 Å². The van der Waals surface area contributed by atoms with Crippen LogP contribution in [-0.4, -0.2) is 11.9 Å². The van der Waals surface area contributed by atoms with Gasteiger partial charge in [-0.3, -0.25) is 9.59 Å². The highest BCUT2D eigenvalue weighted by atomic mass is 16.3. The largest absolute Gasteiger partial charge is 0.451 e. The molecule has 0 aliphatic carbocycles. The summed E-state index contributed by atoms with van der Waals surface area (Å²) in [6.07, 6.45) is 0. The van der Waals surface area contributed by atoms with Gasteiger partial charge >= 0.3 is 6.03 Å². The van der Waals surface area contributed by atoms with Crippen molar-refractivity contribution in [2.24, 2.45) is 5.73 Å². The number of fused-ring (bicyclic) bond motifs is 1. The summed E-state index contributed by atoms with van der Waals surface area (Å²) in [7, 11) is 0. The Hall–Kier alpha value is -3.61. The quantitative estimate of drug-likeness (QED) is 0.677. The van der Waals surface area contributed by atoms with E-state index < -0.39 is 11.9 Å². The minimum atomic E-state index is -0.646. The van der Waals surface area contributed by atoms with Gasteiger partial charge < -0.3 is 20.8 Å². The number of urea groups is 1. The van der Waals surface area contributed by atoms with Crippen molar-refractivity contribution in [1.82, 2.24) is 5.32 Å². The molecule has 3 rings (SSSR count). The third kappa shape index (κ3) is 3.84. The first-order valence-electron chi connectivity index (χ1n) is 7.49. The number of hydrogen-bond donors (Lipinski definition) is 3. The molecule has 126 valence electrons. The number of benzene rings is 2. The zero-order valence-electron chi connectivity index (χ0n) is 13.1. The second-order valence-corrected chi connectivity index (χ2v) is 5.34. The highest BCUT2D eigenvalue weighted by Gasteiger charge is 2.11. The Bertz CT molecular complexity index is 993. The number of carbonyl (C=O) groups is 2. The molecule has 0 aliphatic heterocycles. The van der Waals surface area contributed by atoms with Crippen molar-refractivity contribution >= 4 is 28.6 Å². The Morgan fingerprint density at radius 3 is 2.48 bits per heavy atom. The maximum absolute atomic E-state index is 12.2. The van der Waals surface area contributed by atoms with Crippen molar-refractivity contribution in [2.45, 2.75) is 6.54 Å². The first kappa shape index (κ1) is 16.3. The van der Waals surface area contributed by atoms with Gasteiger partial charge in [-0.25, -0.2) is 4.79 Å². The van der Waals surface area contributed by atoms with Crippen LogP contribution in [0.25, 0.3) is 11.0 Å². The maximum atomic E-state index is 12.2. The highest BCUT2D eigenvalue weighted by Crippen LogP contribution is 2.12. The summed E-state index contributed by atoms with van der Waals surface area (Å²) < 4.78 is 5.48. The lowest BCUT2D eigenvalue weighted by Gasteiger charge is -2.07. The number of amides is 3. The standard InChI is InChI=1S/C18H15N3O4/c19-18(24)21-12-7-5-11(6-8-12)10-20-17(23)16-9-14(22)13-3-1-2-4-15(13)25-16/h1-9H,10H2,(H,20,23)(H3,19,21,24). The van der Waals surface area contributed by atoms with Gasteiger partial charge in [0.1, 0.15) is 5.58 Å². The molecule has 0 atom stereocenters. The van der Waals surface area contributed by atoms with E-state index in [9.17, 15) is 14.4 Å². The first-order valence-corrected chi connectivity index (χ1v) is 7.49. The summed E-state index contributed by atoms with van der Waals surface area (Å²) in [5.41, 5.74) is 6.50. The molecule has 0 saturated carbocycles. The normalized spacial score (nSPS) is 10.4. The predicted molar refractivity (Wildman–Crippen MR) is 93.3 cm³/mol. The molecule has 1 aromatic heterocycles. The fourth-order valence-electron chi connectivity index (χ4n) is 2.33. The highest BCUT2D eigenvalue weighted by molar-refractivity contribution is 5.93. The second kappa shape index (κ2) is 6.88. The Morgan fingerprint density at radius 1 is 1.04 bits per heavy atom.